The van der Waals surface area contributed by atoms with Gasteiger partial charge in [-0.25, -0.2) is 4.79 Å². The Morgan fingerprint density at radius 2 is 1.57 bits per heavy atom. The van der Waals surface area contributed by atoms with E-state index in [-0.39, 0.29) is 17.8 Å². The average Bonchev–Trinajstić information content (AvgIpc) is 2.56. The number of carbonyl (C=O) groups excluding carboxylic acids is 1. The lowest BCUT2D eigenvalue weighted by atomic mass is 10.0. The predicted molar refractivity (Wildman–Crippen MR) is 92.6 cm³/mol. The first-order valence-electron chi connectivity index (χ1n) is 8.20. The van der Waals surface area contributed by atoms with Gasteiger partial charge in [-0.3, -0.25) is 0 Å². The molecule has 3 nitrogen and oxygen atoms in total. The molecule has 0 saturated heterocycles. The molecular formula is C20H24O3. The van der Waals surface area contributed by atoms with Gasteiger partial charge < -0.3 is 9.84 Å². The minimum atomic E-state index is -0.272. The highest BCUT2D eigenvalue weighted by atomic mass is 16.5. The van der Waals surface area contributed by atoms with Gasteiger partial charge in [0.1, 0.15) is 5.75 Å². The van der Waals surface area contributed by atoms with Gasteiger partial charge >= 0.3 is 5.97 Å². The van der Waals surface area contributed by atoms with E-state index >= 15 is 0 Å². The first-order chi connectivity index (χ1) is 11.1. The number of aromatic hydroxyl groups is 1. The first kappa shape index (κ1) is 17.1. The molecule has 0 aromatic heterocycles. The van der Waals surface area contributed by atoms with Crippen molar-refractivity contribution >= 4 is 5.97 Å². The molecule has 0 aliphatic heterocycles. The Bertz CT molecular complexity index is 614. The van der Waals surface area contributed by atoms with Crippen molar-refractivity contribution in [3.8, 4) is 16.9 Å². The van der Waals surface area contributed by atoms with Crippen LogP contribution in [-0.2, 0) is 4.74 Å². The molecule has 1 N–H and O–H groups in total. The first-order valence-corrected chi connectivity index (χ1v) is 8.20. The second kappa shape index (κ2) is 8.37. The van der Waals surface area contributed by atoms with Crippen LogP contribution in [0.15, 0.2) is 48.5 Å². The molecule has 0 bridgehead atoms. The van der Waals surface area contributed by atoms with Crippen molar-refractivity contribution in [3.63, 3.8) is 0 Å². The van der Waals surface area contributed by atoms with E-state index in [4.69, 9.17) is 4.74 Å². The number of phenolic OH excluding ortho intramolecular Hbond substituents is 1. The highest BCUT2D eigenvalue weighted by molar-refractivity contribution is 5.90. The highest BCUT2D eigenvalue weighted by Gasteiger charge is 2.12. The van der Waals surface area contributed by atoms with E-state index in [0.717, 1.165) is 24.0 Å². The van der Waals surface area contributed by atoms with Crippen LogP contribution in [0.3, 0.4) is 0 Å². The van der Waals surface area contributed by atoms with Crippen LogP contribution in [-0.4, -0.2) is 17.2 Å². The fourth-order valence-electron chi connectivity index (χ4n) is 2.44. The maximum Gasteiger partial charge on any atom is 0.338 e. The number of benzene rings is 2. The second-order valence-electron chi connectivity index (χ2n) is 5.84. The molecule has 1 atom stereocenters. The van der Waals surface area contributed by atoms with Crippen LogP contribution in [0.25, 0.3) is 11.1 Å². The maximum absolute atomic E-state index is 12.1. The largest absolute Gasteiger partial charge is 0.508 e. The molecule has 3 heteroatoms. The van der Waals surface area contributed by atoms with E-state index in [9.17, 15) is 9.90 Å². The normalized spacial score (nSPS) is 11.9. The SMILES string of the molecule is CCCCCC(C)OC(=O)c1ccc(-c2ccc(O)cc2)cc1. The summed E-state index contributed by atoms with van der Waals surface area (Å²) in [5, 5.41) is 9.32. The van der Waals surface area contributed by atoms with Gasteiger partial charge in [0.15, 0.2) is 0 Å². The smallest absolute Gasteiger partial charge is 0.338 e. The van der Waals surface area contributed by atoms with E-state index in [1.807, 2.05) is 31.2 Å². The Labute approximate surface area is 137 Å². The number of rotatable bonds is 7. The van der Waals surface area contributed by atoms with Crippen LogP contribution >= 0.6 is 0 Å². The van der Waals surface area contributed by atoms with E-state index in [0.29, 0.717) is 5.56 Å². The molecule has 2 rings (SSSR count). The van der Waals surface area contributed by atoms with Crippen molar-refractivity contribution in [1.82, 2.24) is 0 Å². The van der Waals surface area contributed by atoms with Crippen LogP contribution < -0.4 is 0 Å². The van der Waals surface area contributed by atoms with E-state index in [1.165, 1.54) is 12.8 Å². The van der Waals surface area contributed by atoms with Crippen molar-refractivity contribution in [2.24, 2.45) is 0 Å². The molecular weight excluding hydrogens is 288 g/mol. The van der Waals surface area contributed by atoms with Gasteiger partial charge in [0.05, 0.1) is 11.7 Å². The number of carbonyl (C=O) groups is 1. The predicted octanol–water partition coefficient (Wildman–Crippen LogP) is 5.18. The summed E-state index contributed by atoms with van der Waals surface area (Å²) < 4.78 is 5.47. The molecule has 0 heterocycles. The Kier molecular flexibility index (Phi) is 6.21. The van der Waals surface area contributed by atoms with E-state index in [2.05, 4.69) is 6.92 Å². The van der Waals surface area contributed by atoms with E-state index in [1.54, 1.807) is 24.3 Å². The summed E-state index contributed by atoms with van der Waals surface area (Å²) in [6, 6.07) is 14.3. The molecule has 0 saturated carbocycles. The van der Waals surface area contributed by atoms with Gasteiger partial charge in [-0.15, -0.1) is 0 Å². The number of esters is 1. The third kappa shape index (κ3) is 5.13. The van der Waals surface area contributed by atoms with E-state index < -0.39 is 0 Å². The summed E-state index contributed by atoms with van der Waals surface area (Å²) in [5.74, 6) is -0.0303. The van der Waals surface area contributed by atoms with Crippen molar-refractivity contribution < 1.29 is 14.6 Å². The van der Waals surface area contributed by atoms with Crippen LogP contribution in [0.2, 0.25) is 0 Å². The number of hydrogen-bond donors (Lipinski definition) is 1. The minimum Gasteiger partial charge on any atom is -0.508 e. The van der Waals surface area contributed by atoms with Gasteiger partial charge in [0.25, 0.3) is 0 Å². The molecule has 2 aromatic carbocycles. The summed E-state index contributed by atoms with van der Waals surface area (Å²) in [4.78, 5) is 12.1. The van der Waals surface area contributed by atoms with Crippen molar-refractivity contribution in [2.45, 2.75) is 45.6 Å². The zero-order chi connectivity index (χ0) is 16.7. The average molecular weight is 312 g/mol. The number of phenols is 1. The quantitative estimate of drug-likeness (QED) is 0.565. The van der Waals surface area contributed by atoms with Crippen LogP contribution in [0.4, 0.5) is 0 Å². The van der Waals surface area contributed by atoms with Gasteiger partial charge in [0, 0.05) is 0 Å². The van der Waals surface area contributed by atoms with Crippen LogP contribution in [0.5, 0.6) is 5.75 Å². The summed E-state index contributed by atoms with van der Waals surface area (Å²) >= 11 is 0. The number of hydrogen-bond acceptors (Lipinski definition) is 3. The molecule has 0 aliphatic rings. The van der Waals surface area contributed by atoms with Crippen molar-refractivity contribution in [1.29, 1.82) is 0 Å². The lowest BCUT2D eigenvalue weighted by molar-refractivity contribution is 0.0319. The topological polar surface area (TPSA) is 46.5 Å². The third-order valence-electron chi connectivity index (χ3n) is 3.84. The molecule has 0 radical (unpaired) electrons. The van der Waals surface area contributed by atoms with Crippen molar-refractivity contribution in [3.05, 3.63) is 54.1 Å². The zero-order valence-corrected chi connectivity index (χ0v) is 13.8. The third-order valence-corrected chi connectivity index (χ3v) is 3.84. The van der Waals surface area contributed by atoms with Crippen LogP contribution in [0.1, 0.15) is 49.9 Å². The molecule has 0 fully saturated rings. The molecule has 23 heavy (non-hydrogen) atoms. The highest BCUT2D eigenvalue weighted by Crippen LogP contribution is 2.22. The molecule has 0 amide bonds. The maximum atomic E-state index is 12.1. The van der Waals surface area contributed by atoms with Gasteiger partial charge in [-0.1, -0.05) is 44.0 Å². The summed E-state index contributed by atoms with van der Waals surface area (Å²) in [6.45, 7) is 4.10. The fourth-order valence-corrected chi connectivity index (χ4v) is 2.44. The summed E-state index contributed by atoms with van der Waals surface area (Å²) in [5.41, 5.74) is 2.56. The number of unbranched alkanes of at least 4 members (excludes halogenated alkanes) is 2. The lowest BCUT2D eigenvalue weighted by Crippen LogP contribution is -2.14. The standard InChI is InChI=1S/C20H24O3/c1-3-4-5-6-15(2)23-20(22)18-9-7-16(8-10-18)17-11-13-19(21)14-12-17/h7-15,21H,3-6H2,1-2H3. The summed E-state index contributed by atoms with van der Waals surface area (Å²) in [6.07, 6.45) is 4.28. The molecule has 1 unspecified atom stereocenters. The second-order valence-corrected chi connectivity index (χ2v) is 5.84. The van der Waals surface area contributed by atoms with Gasteiger partial charge in [0.2, 0.25) is 0 Å². The lowest BCUT2D eigenvalue weighted by Gasteiger charge is -2.13. The number of ether oxygens (including phenoxy) is 1. The molecule has 122 valence electrons. The molecule has 0 aliphatic carbocycles. The molecule has 2 aromatic rings. The Morgan fingerprint density at radius 1 is 1.00 bits per heavy atom. The minimum absolute atomic E-state index is 0.0502. The monoisotopic (exact) mass is 312 g/mol. The van der Waals surface area contributed by atoms with Gasteiger partial charge in [-0.05, 0) is 55.2 Å². The molecule has 0 spiro atoms. The summed E-state index contributed by atoms with van der Waals surface area (Å²) in [7, 11) is 0. The Morgan fingerprint density at radius 3 is 2.13 bits per heavy atom. The Balaban J connectivity index is 1.96. The van der Waals surface area contributed by atoms with Gasteiger partial charge in [-0.2, -0.15) is 0 Å². The Hall–Kier alpha value is -2.29. The van der Waals surface area contributed by atoms with Crippen molar-refractivity contribution in [2.75, 3.05) is 0 Å². The van der Waals surface area contributed by atoms with Crippen LogP contribution in [0, 0.1) is 0 Å². The zero-order valence-electron chi connectivity index (χ0n) is 13.8. The fraction of sp³-hybridized carbons (Fsp3) is 0.350.